The minimum Gasteiger partial charge on any atom is -0.396 e. The van der Waals surface area contributed by atoms with Gasteiger partial charge in [-0.3, -0.25) is 0 Å². The van der Waals surface area contributed by atoms with Crippen LogP contribution in [0.15, 0.2) is 0 Å². The molecular weight excluding hydrogens is 916 g/mol. The zero-order valence-electron chi connectivity index (χ0n) is 29.0. The van der Waals surface area contributed by atoms with E-state index in [1.54, 1.807) is 64.0 Å². The number of hydrogen-bond donors (Lipinski definition) is 0. The Hall–Kier alpha value is 4.53. The summed E-state index contributed by atoms with van der Waals surface area (Å²) in [5, 5.41) is 0. The van der Waals surface area contributed by atoms with Crippen LogP contribution < -0.4 is 0 Å². The van der Waals surface area contributed by atoms with Gasteiger partial charge in [0.25, 0.3) is 0 Å². The molecule has 13 nitrogen and oxygen atoms in total. The minimum absolute atomic E-state index is 0. The van der Waals surface area contributed by atoms with Crippen LogP contribution in [0.25, 0.3) is 0 Å². The first-order chi connectivity index (χ1) is 18.0. The summed E-state index contributed by atoms with van der Waals surface area (Å²) in [6.07, 6.45) is 0. The smallest absolute Gasteiger partial charge is 0.396 e. The van der Waals surface area contributed by atoms with Crippen LogP contribution in [-0.4, -0.2) is 137 Å². The third-order valence-corrected chi connectivity index (χ3v) is 17.3. The van der Waals surface area contributed by atoms with Crippen molar-refractivity contribution in [1.29, 1.82) is 0 Å². The summed E-state index contributed by atoms with van der Waals surface area (Å²) in [7, 11) is 2.51. The fraction of sp³-hybridized carbons (Fsp3) is 1.00. The molecule has 0 aromatic carbocycles. The molecule has 0 spiro atoms. The standard InChI is InChI=1S/C9H27O4Si5.3C3H9O3Si.3Y/c1-14(2)10-18(11-15(3)4,12-16(5)6)13-17(7,8)9;3*1-4-7(5-2)6-3;;;/h1-9H3;3*1-3H3;;;. The second-order valence-electron chi connectivity index (χ2n) is 8.33. The quantitative estimate of drug-likeness (QED) is 0.199. The predicted octanol–water partition coefficient (Wildman–Crippen LogP) is 2.80. The first-order valence-electron chi connectivity index (χ1n) is 11.6. The Bertz CT molecular complexity index is 440. The van der Waals surface area contributed by atoms with Gasteiger partial charge in [-0.25, -0.2) is 0 Å². The van der Waals surface area contributed by atoms with Crippen LogP contribution in [0.2, 0.25) is 58.9 Å². The Morgan fingerprint density at radius 2 is 0.524 bits per heavy atom. The van der Waals surface area contributed by atoms with E-state index < -0.39 is 73.1 Å². The molecule has 0 bridgehead atoms. The van der Waals surface area contributed by atoms with E-state index in [1.165, 1.54) is 0 Å². The molecule has 0 aliphatic heterocycles. The van der Waals surface area contributed by atoms with E-state index in [-0.39, 0.29) is 98.1 Å². The average molecular weight is 970 g/mol. The predicted molar refractivity (Wildman–Crippen MR) is 166 cm³/mol. The SMILES string of the molecule is CO[Si](OC)OC.CO[Si](OC)OC.CO[Si](OC)OC.C[Si](C)O[Si](O[Si](C)C)(O[Si](C)C)O[Si](C)(C)C.[Y].[Y].[Y]. The van der Waals surface area contributed by atoms with E-state index in [0.29, 0.717) is 0 Å². The van der Waals surface area contributed by atoms with Crippen molar-refractivity contribution < 1.29 is 154 Å². The summed E-state index contributed by atoms with van der Waals surface area (Å²) >= 11 is 0. The molecule has 0 saturated heterocycles. The van der Waals surface area contributed by atoms with Crippen molar-refractivity contribution in [2.75, 3.05) is 64.0 Å². The Labute approximate surface area is 345 Å². The van der Waals surface area contributed by atoms with Gasteiger partial charge >= 0.3 is 37.6 Å². The van der Waals surface area contributed by atoms with Crippen molar-refractivity contribution in [2.45, 2.75) is 58.9 Å². The fourth-order valence-corrected chi connectivity index (χ4v) is 15.8. The molecule has 0 fully saturated rings. The van der Waals surface area contributed by atoms with Crippen LogP contribution >= 0.6 is 0 Å². The third kappa shape index (κ3) is 44.5. The summed E-state index contributed by atoms with van der Waals surface area (Å²) in [4.78, 5) is 0. The Morgan fingerprint density at radius 3 is 0.595 bits per heavy atom. The molecule has 0 unspecified atom stereocenters. The van der Waals surface area contributed by atoms with Gasteiger partial charge in [0.05, 0.1) is 0 Å². The monoisotopic (exact) mass is 969 g/mol. The summed E-state index contributed by atoms with van der Waals surface area (Å²) in [6, 6.07) is 0. The molecule has 0 N–H and O–H groups in total. The molecule has 0 aliphatic rings. The van der Waals surface area contributed by atoms with E-state index in [1.807, 2.05) is 0 Å². The van der Waals surface area contributed by atoms with E-state index in [9.17, 15) is 0 Å². The average Bonchev–Trinajstić information content (AvgIpc) is 2.81. The molecule has 0 aromatic heterocycles. The molecule has 0 saturated carbocycles. The summed E-state index contributed by atoms with van der Waals surface area (Å²) in [5.74, 6) is 0. The van der Waals surface area contributed by atoms with Gasteiger partial charge in [-0.2, -0.15) is 0 Å². The van der Waals surface area contributed by atoms with Crippen LogP contribution in [0.3, 0.4) is 0 Å². The molecule has 245 valence electrons. The Kier molecular flexibility index (Phi) is 58.7. The second-order valence-corrected chi connectivity index (χ2v) is 27.4. The fourth-order valence-electron chi connectivity index (χ4n) is 2.00. The van der Waals surface area contributed by atoms with Crippen LogP contribution in [0.5, 0.6) is 0 Å². The Morgan fingerprint density at radius 1 is 0.357 bits per heavy atom. The largest absolute Gasteiger partial charge is 0.636 e. The molecule has 0 aromatic rings. The molecule has 9 radical (unpaired) electrons. The van der Waals surface area contributed by atoms with Crippen molar-refractivity contribution in [1.82, 2.24) is 0 Å². The van der Waals surface area contributed by atoms with Gasteiger partial charge in [-0.05, 0) is 58.9 Å². The molecule has 24 heteroatoms. The summed E-state index contributed by atoms with van der Waals surface area (Å²) in [6.45, 7) is 19.0. The summed E-state index contributed by atoms with van der Waals surface area (Å²) < 4.78 is 66.9. The zero-order chi connectivity index (χ0) is 31.7. The van der Waals surface area contributed by atoms with Crippen molar-refractivity contribution in [2.24, 2.45) is 0 Å². The van der Waals surface area contributed by atoms with Crippen molar-refractivity contribution in [3.63, 3.8) is 0 Å². The maximum atomic E-state index is 6.25. The molecule has 0 aliphatic carbocycles. The van der Waals surface area contributed by atoms with Crippen molar-refractivity contribution in [3.8, 4) is 0 Å². The minimum atomic E-state index is -2.92. The molecule has 42 heavy (non-hydrogen) atoms. The molecule has 0 amide bonds. The van der Waals surface area contributed by atoms with Gasteiger partial charge in [0.15, 0.2) is 35.4 Å². The van der Waals surface area contributed by atoms with E-state index in [4.69, 9.17) is 56.3 Å². The maximum Gasteiger partial charge on any atom is 0.636 e. The zero-order valence-corrected chi connectivity index (χ0v) is 45.6. The maximum absolute atomic E-state index is 6.25. The normalized spacial score (nSPS) is 11.1. The van der Waals surface area contributed by atoms with Gasteiger partial charge in [0, 0.05) is 162 Å². The van der Waals surface area contributed by atoms with Crippen molar-refractivity contribution >= 4 is 73.1 Å². The van der Waals surface area contributed by atoms with Gasteiger partial charge < -0.3 is 56.3 Å². The summed E-state index contributed by atoms with van der Waals surface area (Å²) in [5.41, 5.74) is 0. The van der Waals surface area contributed by atoms with E-state index >= 15 is 0 Å². The topological polar surface area (TPSA) is 120 Å². The van der Waals surface area contributed by atoms with Gasteiger partial charge in [-0.1, -0.05) is 0 Å². The van der Waals surface area contributed by atoms with Gasteiger partial charge in [-0.15, -0.1) is 0 Å². The number of rotatable bonds is 17. The van der Waals surface area contributed by atoms with Gasteiger partial charge in [0.1, 0.15) is 0 Å². The van der Waals surface area contributed by atoms with Gasteiger partial charge in [0.2, 0.25) is 0 Å². The second kappa shape index (κ2) is 40.0. The Balaban J connectivity index is -0.0000000856. The van der Waals surface area contributed by atoms with Crippen LogP contribution in [-0.2, 0) is 154 Å². The molecule has 0 heterocycles. The van der Waals surface area contributed by atoms with Crippen LogP contribution in [0, 0.1) is 0 Å². The van der Waals surface area contributed by atoms with E-state index in [2.05, 4.69) is 58.9 Å². The third-order valence-electron chi connectivity index (χ3n) is 2.92. The van der Waals surface area contributed by atoms with Crippen LogP contribution in [0.1, 0.15) is 0 Å². The number of hydrogen-bond acceptors (Lipinski definition) is 13. The first kappa shape index (κ1) is 61.7. The molecule has 0 atom stereocenters. The molecular formula is C18H54O13Si8Y3. The van der Waals surface area contributed by atoms with Crippen LogP contribution in [0.4, 0.5) is 0 Å². The molecule has 0 rings (SSSR count). The van der Waals surface area contributed by atoms with Crippen molar-refractivity contribution in [3.05, 3.63) is 0 Å². The van der Waals surface area contributed by atoms with E-state index in [0.717, 1.165) is 0 Å². The first-order valence-corrected chi connectivity index (χ1v) is 27.6.